The molecule has 1 saturated heterocycles. The molecule has 3 rings (SSSR count). The molecule has 0 aliphatic carbocycles. The third-order valence-corrected chi connectivity index (χ3v) is 5.15. The van der Waals surface area contributed by atoms with Crippen LogP contribution in [0.4, 0.5) is 14.7 Å². The standard InChI is InChI=1S/C16H20F2N4O2S/c1-11(12-3-5-13(6-4-12)24-14(17)18)25-16-20-19-15(21(16)2)22-7-9-23-10-8-22/h3-6,11,14H,7-10H2,1-2H3/t11-/m1/s1. The minimum absolute atomic E-state index is 0.0982. The van der Waals surface area contributed by atoms with Crippen molar-refractivity contribution in [3.05, 3.63) is 29.8 Å². The van der Waals surface area contributed by atoms with Crippen molar-refractivity contribution in [2.24, 2.45) is 7.05 Å². The molecule has 136 valence electrons. The van der Waals surface area contributed by atoms with Gasteiger partial charge in [-0.2, -0.15) is 8.78 Å². The lowest BCUT2D eigenvalue weighted by Gasteiger charge is -2.27. The molecule has 0 spiro atoms. The van der Waals surface area contributed by atoms with Crippen LogP contribution in [0.15, 0.2) is 29.4 Å². The largest absolute Gasteiger partial charge is 0.435 e. The predicted molar refractivity (Wildman–Crippen MR) is 91.4 cm³/mol. The van der Waals surface area contributed by atoms with Crippen LogP contribution >= 0.6 is 11.8 Å². The summed E-state index contributed by atoms with van der Waals surface area (Å²) in [4.78, 5) is 2.15. The monoisotopic (exact) mass is 370 g/mol. The Morgan fingerprint density at radius 2 is 1.84 bits per heavy atom. The zero-order valence-corrected chi connectivity index (χ0v) is 14.9. The third kappa shape index (κ3) is 4.40. The van der Waals surface area contributed by atoms with Gasteiger partial charge in [-0.1, -0.05) is 23.9 Å². The fraction of sp³-hybridized carbons (Fsp3) is 0.500. The number of ether oxygens (including phenoxy) is 2. The lowest BCUT2D eigenvalue weighted by Crippen LogP contribution is -2.37. The highest BCUT2D eigenvalue weighted by Crippen LogP contribution is 2.35. The van der Waals surface area contributed by atoms with E-state index in [1.807, 2.05) is 18.5 Å². The van der Waals surface area contributed by atoms with Crippen LogP contribution in [0.5, 0.6) is 5.75 Å². The van der Waals surface area contributed by atoms with Crippen LogP contribution in [0, 0.1) is 0 Å². The maximum absolute atomic E-state index is 12.2. The van der Waals surface area contributed by atoms with Crippen LogP contribution in [-0.4, -0.2) is 47.7 Å². The Bertz CT molecular complexity index is 690. The molecule has 0 unspecified atom stereocenters. The van der Waals surface area contributed by atoms with E-state index in [1.165, 1.54) is 0 Å². The summed E-state index contributed by atoms with van der Waals surface area (Å²) in [7, 11) is 1.94. The first-order valence-electron chi connectivity index (χ1n) is 7.98. The van der Waals surface area contributed by atoms with Gasteiger partial charge in [0.1, 0.15) is 5.75 Å². The normalized spacial score (nSPS) is 16.3. The summed E-state index contributed by atoms with van der Waals surface area (Å²) in [6.07, 6.45) is 0. The lowest BCUT2D eigenvalue weighted by atomic mass is 10.2. The average Bonchev–Trinajstić information content (AvgIpc) is 2.96. The highest BCUT2D eigenvalue weighted by atomic mass is 32.2. The minimum Gasteiger partial charge on any atom is -0.435 e. The highest BCUT2D eigenvalue weighted by molar-refractivity contribution is 7.99. The molecule has 1 aromatic carbocycles. The van der Waals surface area contributed by atoms with Gasteiger partial charge in [0.15, 0.2) is 5.16 Å². The molecule has 0 radical (unpaired) electrons. The molecule has 2 aromatic rings. The Hall–Kier alpha value is -1.87. The van der Waals surface area contributed by atoms with Crippen LogP contribution in [0.3, 0.4) is 0 Å². The number of aromatic nitrogens is 3. The maximum atomic E-state index is 12.2. The number of hydrogen-bond acceptors (Lipinski definition) is 6. The molecular formula is C16H20F2N4O2S. The first-order valence-corrected chi connectivity index (χ1v) is 8.86. The summed E-state index contributed by atoms with van der Waals surface area (Å²) in [5.41, 5.74) is 1.00. The van der Waals surface area contributed by atoms with E-state index in [2.05, 4.69) is 19.8 Å². The molecular weight excluding hydrogens is 350 g/mol. The Balaban J connectivity index is 1.66. The Morgan fingerprint density at radius 3 is 2.48 bits per heavy atom. The van der Waals surface area contributed by atoms with Crippen LogP contribution < -0.4 is 9.64 Å². The second kappa shape index (κ2) is 8.01. The topological polar surface area (TPSA) is 52.4 Å². The van der Waals surface area contributed by atoms with Crippen molar-refractivity contribution in [2.75, 3.05) is 31.2 Å². The van der Waals surface area contributed by atoms with Gasteiger partial charge < -0.3 is 14.4 Å². The number of hydrogen-bond donors (Lipinski definition) is 0. The van der Waals surface area contributed by atoms with Crippen molar-refractivity contribution >= 4 is 17.7 Å². The minimum atomic E-state index is -2.81. The number of rotatable bonds is 6. The SMILES string of the molecule is C[C@@H](Sc1nnc(N2CCOCC2)n1C)c1ccc(OC(F)F)cc1. The first-order chi connectivity index (χ1) is 12.0. The van der Waals surface area contributed by atoms with E-state index in [9.17, 15) is 8.78 Å². The number of morpholine rings is 1. The van der Waals surface area contributed by atoms with Gasteiger partial charge in [0, 0.05) is 25.4 Å². The Labute approximate surface area is 149 Å². The number of thioether (sulfide) groups is 1. The third-order valence-electron chi connectivity index (χ3n) is 3.96. The second-order valence-corrected chi connectivity index (χ2v) is 6.96. The van der Waals surface area contributed by atoms with Gasteiger partial charge in [-0.3, -0.25) is 4.57 Å². The molecule has 1 fully saturated rings. The number of halogens is 2. The molecule has 0 N–H and O–H groups in total. The van der Waals surface area contributed by atoms with Gasteiger partial charge in [-0.05, 0) is 24.6 Å². The predicted octanol–water partition coefficient (Wildman–Crippen LogP) is 3.11. The van der Waals surface area contributed by atoms with Crippen LogP contribution in [0.2, 0.25) is 0 Å². The molecule has 6 nitrogen and oxygen atoms in total. The highest BCUT2D eigenvalue weighted by Gasteiger charge is 2.20. The molecule has 0 saturated carbocycles. The summed E-state index contributed by atoms with van der Waals surface area (Å²) < 4.78 is 36.1. The van der Waals surface area contributed by atoms with Gasteiger partial charge >= 0.3 is 6.61 Å². The van der Waals surface area contributed by atoms with E-state index >= 15 is 0 Å². The molecule has 0 amide bonds. The average molecular weight is 370 g/mol. The molecule has 25 heavy (non-hydrogen) atoms. The molecule has 1 atom stereocenters. The van der Waals surface area contributed by atoms with Crippen molar-refractivity contribution < 1.29 is 18.3 Å². The summed E-state index contributed by atoms with van der Waals surface area (Å²) in [6, 6.07) is 6.67. The molecule has 2 heterocycles. The number of nitrogens with zero attached hydrogens (tertiary/aromatic N) is 4. The van der Waals surface area contributed by atoms with E-state index in [0.717, 1.165) is 29.8 Å². The van der Waals surface area contributed by atoms with E-state index in [1.54, 1.807) is 36.0 Å². The van der Waals surface area contributed by atoms with E-state index in [4.69, 9.17) is 4.74 Å². The second-order valence-electron chi connectivity index (χ2n) is 5.65. The van der Waals surface area contributed by atoms with Gasteiger partial charge in [0.2, 0.25) is 5.95 Å². The van der Waals surface area contributed by atoms with Crippen molar-refractivity contribution in [2.45, 2.75) is 23.9 Å². The van der Waals surface area contributed by atoms with E-state index < -0.39 is 6.61 Å². The van der Waals surface area contributed by atoms with Gasteiger partial charge in [-0.25, -0.2) is 0 Å². The maximum Gasteiger partial charge on any atom is 0.387 e. The molecule has 1 aliphatic heterocycles. The van der Waals surface area contributed by atoms with Crippen molar-refractivity contribution in [1.82, 2.24) is 14.8 Å². The quantitative estimate of drug-likeness (QED) is 0.729. The van der Waals surface area contributed by atoms with Crippen LogP contribution in [0.25, 0.3) is 0 Å². The van der Waals surface area contributed by atoms with Crippen molar-refractivity contribution in [1.29, 1.82) is 0 Å². The van der Waals surface area contributed by atoms with Gasteiger partial charge in [-0.15, -0.1) is 10.2 Å². The van der Waals surface area contributed by atoms with Crippen LogP contribution in [-0.2, 0) is 11.8 Å². The Morgan fingerprint density at radius 1 is 1.16 bits per heavy atom. The number of anilines is 1. The molecule has 1 aromatic heterocycles. The van der Waals surface area contributed by atoms with Crippen LogP contribution in [0.1, 0.15) is 17.7 Å². The zero-order chi connectivity index (χ0) is 17.8. The molecule has 1 aliphatic rings. The summed E-state index contributed by atoms with van der Waals surface area (Å²) in [5.74, 6) is 0.989. The molecule has 0 bridgehead atoms. The first kappa shape index (κ1) is 17.9. The fourth-order valence-corrected chi connectivity index (χ4v) is 3.53. The van der Waals surface area contributed by atoms with E-state index in [0.29, 0.717) is 13.2 Å². The fourth-order valence-electron chi connectivity index (χ4n) is 2.59. The number of alkyl halides is 2. The summed E-state index contributed by atoms with van der Waals surface area (Å²) >= 11 is 1.57. The van der Waals surface area contributed by atoms with Gasteiger partial charge in [0.25, 0.3) is 0 Å². The van der Waals surface area contributed by atoms with Crippen molar-refractivity contribution in [3.8, 4) is 5.75 Å². The number of benzene rings is 1. The van der Waals surface area contributed by atoms with E-state index in [-0.39, 0.29) is 11.0 Å². The summed E-state index contributed by atoms with van der Waals surface area (Å²) in [5, 5.41) is 9.48. The van der Waals surface area contributed by atoms with Crippen molar-refractivity contribution in [3.63, 3.8) is 0 Å². The summed E-state index contributed by atoms with van der Waals surface area (Å²) in [6.45, 7) is 2.22. The molecule has 9 heteroatoms. The zero-order valence-electron chi connectivity index (χ0n) is 14.1. The smallest absolute Gasteiger partial charge is 0.387 e. The Kier molecular flexibility index (Phi) is 5.74. The lowest BCUT2D eigenvalue weighted by molar-refractivity contribution is -0.0498. The van der Waals surface area contributed by atoms with Gasteiger partial charge in [0.05, 0.1) is 13.2 Å².